The molecule has 0 spiro atoms. The molecule has 0 bridgehead atoms. The van der Waals surface area contributed by atoms with Gasteiger partial charge in [0.05, 0.1) is 21.4 Å². The summed E-state index contributed by atoms with van der Waals surface area (Å²) in [5.41, 5.74) is 8.06. The number of hydrogen-bond acceptors (Lipinski definition) is 5. The Morgan fingerprint density at radius 3 is 1.60 bits per heavy atom. The van der Waals surface area contributed by atoms with Crippen LogP contribution in [0, 0.1) is 0 Å². The van der Waals surface area contributed by atoms with E-state index < -0.39 is 0 Å². The highest BCUT2D eigenvalue weighted by molar-refractivity contribution is 7.26. The fraction of sp³-hybridized carbons (Fsp3) is 0. The molecule has 0 saturated heterocycles. The predicted molar refractivity (Wildman–Crippen MR) is 207 cm³/mol. The first-order valence-corrected chi connectivity index (χ1v) is 17.4. The smallest absolute Gasteiger partial charge is 0.164 e. The Morgan fingerprint density at radius 1 is 0.420 bits per heavy atom. The summed E-state index contributed by atoms with van der Waals surface area (Å²) >= 11 is 1.81. The third-order valence-corrected chi connectivity index (χ3v) is 10.4. The van der Waals surface area contributed by atoms with Crippen LogP contribution in [-0.4, -0.2) is 24.5 Å². The van der Waals surface area contributed by atoms with Gasteiger partial charge in [-0.25, -0.2) is 19.9 Å². The van der Waals surface area contributed by atoms with E-state index >= 15 is 0 Å². The Balaban J connectivity index is 1.27. The lowest BCUT2D eigenvalue weighted by Gasteiger charge is -2.11. The topological polar surface area (TPSA) is 56.5 Å². The standard InChI is InChI=1S/C44H27N5S/c1-5-15-28(16-6-1)39-40-37(38-34-23-13-14-24-36(34)49(44(38)50-40)32-21-11-4-12-22-32)33-26-25-31(27-35(33)45-39)43-47-41(29-17-7-2-8-18-29)46-42(48-43)30-19-9-3-10-20-30/h1-27H. The van der Waals surface area contributed by atoms with Crippen LogP contribution in [0.4, 0.5) is 0 Å². The molecule has 10 aromatic rings. The van der Waals surface area contributed by atoms with Gasteiger partial charge in [0, 0.05) is 49.5 Å². The second-order valence-corrected chi connectivity index (χ2v) is 13.3. The maximum absolute atomic E-state index is 5.41. The summed E-state index contributed by atoms with van der Waals surface area (Å²) in [6.07, 6.45) is 0. The molecule has 4 heterocycles. The molecule has 0 aliphatic rings. The zero-order chi connectivity index (χ0) is 33.0. The maximum Gasteiger partial charge on any atom is 0.164 e. The lowest BCUT2D eigenvalue weighted by atomic mass is 10.0. The Morgan fingerprint density at radius 2 is 0.960 bits per heavy atom. The average Bonchev–Trinajstić information content (AvgIpc) is 3.74. The summed E-state index contributed by atoms with van der Waals surface area (Å²) in [5.74, 6) is 1.88. The third-order valence-electron chi connectivity index (χ3n) is 9.24. The Labute approximate surface area is 291 Å². The molecule has 6 aromatic carbocycles. The minimum atomic E-state index is 0.610. The maximum atomic E-state index is 5.41. The van der Waals surface area contributed by atoms with Crippen molar-refractivity contribution in [2.45, 2.75) is 0 Å². The summed E-state index contributed by atoms with van der Waals surface area (Å²) in [6, 6.07) is 56.5. The van der Waals surface area contributed by atoms with Gasteiger partial charge in [-0.3, -0.25) is 0 Å². The van der Waals surface area contributed by atoms with E-state index in [-0.39, 0.29) is 0 Å². The van der Waals surface area contributed by atoms with Crippen LogP contribution in [0.25, 0.3) is 93.2 Å². The van der Waals surface area contributed by atoms with Gasteiger partial charge < -0.3 is 4.57 Å². The fourth-order valence-electron chi connectivity index (χ4n) is 6.95. The zero-order valence-electron chi connectivity index (χ0n) is 26.7. The number of hydrogen-bond donors (Lipinski definition) is 0. The van der Waals surface area contributed by atoms with E-state index in [9.17, 15) is 0 Å². The largest absolute Gasteiger partial charge is 0.301 e. The van der Waals surface area contributed by atoms with E-state index in [0.717, 1.165) is 44.5 Å². The second kappa shape index (κ2) is 11.6. The fourth-order valence-corrected chi connectivity index (χ4v) is 8.33. The van der Waals surface area contributed by atoms with Crippen molar-refractivity contribution in [1.82, 2.24) is 24.5 Å². The van der Waals surface area contributed by atoms with Crippen molar-refractivity contribution in [3.8, 4) is 51.1 Å². The zero-order valence-corrected chi connectivity index (χ0v) is 27.5. The van der Waals surface area contributed by atoms with Crippen LogP contribution in [0.1, 0.15) is 0 Å². The third kappa shape index (κ3) is 4.61. The molecule has 0 radical (unpaired) electrons. The SMILES string of the molecule is c1ccc(-c2nc(-c3ccccc3)nc(-c3ccc4c(c3)nc(-c3ccccc3)c3sc5c(c6ccccc6n5-c5ccccc5)c34)n2)cc1. The number of pyridine rings is 1. The predicted octanol–water partition coefficient (Wildman–Crippen LogP) is 11.4. The van der Waals surface area contributed by atoms with E-state index in [4.69, 9.17) is 19.9 Å². The van der Waals surface area contributed by atoms with Gasteiger partial charge in [-0.1, -0.05) is 140 Å². The number of thiophene rings is 1. The number of fused-ring (bicyclic) bond motifs is 7. The molecule has 10 rings (SSSR count). The average molecular weight is 658 g/mol. The normalized spacial score (nSPS) is 11.6. The minimum Gasteiger partial charge on any atom is -0.301 e. The molecule has 5 nitrogen and oxygen atoms in total. The van der Waals surface area contributed by atoms with Crippen molar-refractivity contribution in [2.24, 2.45) is 0 Å². The van der Waals surface area contributed by atoms with Crippen molar-refractivity contribution >= 4 is 53.4 Å². The van der Waals surface area contributed by atoms with Crippen LogP contribution >= 0.6 is 11.3 Å². The second-order valence-electron chi connectivity index (χ2n) is 12.3. The van der Waals surface area contributed by atoms with Gasteiger partial charge >= 0.3 is 0 Å². The Bertz CT molecular complexity index is 2790. The van der Waals surface area contributed by atoms with Gasteiger partial charge in [-0.05, 0) is 24.3 Å². The molecule has 234 valence electrons. The quantitative estimate of drug-likeness (QED) is 0.185. The van der Waals surface area contributed by atoms with E-state index in [1.165, 1.54) is 31.2 Å². The van der Waals surface area contributed by atoms with Gasteiger partial charge in [0.25, 0.3) is 0 Å². The first kappa shape index (κ1) is 28.5. The van der Waals surface area contributed by atoms with E-state index in [1.54, 1.807) is 0 Å². The summed E-state index contributed by atoms with van der Waals surface area (Å²) in [5, 5.41) is 4.80. The molecule has 0 aliphatic carbocycles. The van der Waals surface area contributed by atoms with Crippen molar-refractivity contribution in [3.63, 3.8) is 0 Å². The molecule has 0 unspecified atom stereocenters. The Hall–Kier alpha value is -6.50. The summed E-state index contributed by atoms with van der Waals surface area (Å²) in [4.78, 5) is 21.5. The van der Waals surface area contributed by atoms with Crippen LogP contribution in [0.3, 0.4) is 0 Å². The first-order valence-electron chi connectivity index (χ1n) is 16.6. The molecule has 0 saturated carbocycles. The monoisotopic (exact) mass is 657 g/mol. The highest BCUT2D eigenvalue weighted by Crippen LogP contribution is 2.47. The molecular formula is C44H27N5S. The van der Waals surface area contributed by atoms with Crippen molar-refractivity contribution in [2.75, 3.05) is 0 Å². The first-order chi connectivity index (χ1) is 24.8. The Kier molecular flexibility index (Phi) is 6.60. The van der Waals surface area contributed by atoms with Crippen LogP contribution in [0.15, 0.2) is 164 Å². The number of benzene rings is 6. The van der Waals surface area contributed by atoms with E-state index in [2.05, 4.69) is 108 Å². The molecular weight excluding hydrogens is 631 g/mol. The summed E-state index contributed by atoms with van der Waals surface area (Å²) in [7, 11) is 0. The van der Waals surface area contributed by atoms with E-state index in [0.29, 0.717) is 17.5 Å². The van der Waals surface area contributed by atoms with E-state index in [1.807, 2.05) is 72.0 Å². The van der Waals surface area contributed by atoms with Gasteiger partial charge in [-0.2, -0.15) is 0 Å². The number of rotatable bonds is 5. The molecule has 0 fully saturated rings. The molecule has 0 amide bonds. The number of aromatic nitrogens is 5. The van der Waals surface area contributed by atoms with Gasteiger partial charge in [-0.15, -0.1) is 11.3 Å². The van der Waals surface area contributed by atoms with Gasteiger partial charge in [0.1, 0.15) is 4.83 Å². The molecule has 0 atom stereocenters. The van der Waals surface area contributed by atoms with Crippen LogP contribution in [0.5, 0.6) is 0 Å². The van der Waals surface area contributed by atoms with Crippen LogP contribution < -0.4 is 0 Å². The molecule has 6 heteroatoms. The lowest BCUT2D eigenvalue weighted by molar-refractivity contribution is 1.07. The van der Waals surface area contributed by atoms with Gasteiger partial charge in [0.15, 0.2) is 17.5 Å². The highest BCUT2D eigenvalue weighted by Gasteiger charge is 2.23. The molecule has 50 heavy (non-hydrogen) atoms. The number of para-hydroxylation sites is 2. The van der Waals surface area contributed by atoms with Crippen molar-refractivity contribution in [1.29, 1.82) is 0 Å². The summed E-state index contributed by atoms with van der Waals surface area (Å²) in [6.45, 7) is 0. The highest BCUT2D eigenvalue weighted by atomic mass is 32.1. The molecule has 0 aliphatic heterocycles. The molecule has 0 N–H and O–H groups in total. The van der Waals surface area contributed by atoms with Gasteiger partial charge in [0.2, 0.25) is 0 Å². The summed E-state index contributed by atoms with van der Waals surface area (Å²) < 4.78 is 3.57. The lowest BCUT2D eigenvalue weighted by Crippen LogP contribution is -2.00. The van der Waals surface area contributed by atoms with Crippen molar-refractivity contribution in [3.05, 3.63) is 164 Å². The number of nitrogens with zero attached hydrogens (tertiary/aromatic N) is 5. The minimum absolute atomic E-state index is 0.610. The van der Waals surface area contributed by atoms with Crippen LogP contribution in [0.2, 0.25) is 0 Å². The van der Waals surface area contributed by atoms with Crippen molar-refractivity contribution < 1.29 is 0 Å². The van der Waals surface area contributed by atoms with Crippen LogP contribution in [-0.2, 0) is 0 Å². The molecule has 4 aromatic heterocycles.